The molecular weight excluding hydrogens is 152 g/mol. The zero-order valence-electron chi connectivity index (χ0n) is 8.04. The smallest absolute Gasteiger partial charge is 0.0728 e. The minimum Gasteiger partial charge on any atom is -0.396 e. The Kier molecular flexibility index (Phi) is 2.59. The first-order chi connectivity index (χ1) is 5.47. The Labute approximate surface area is 73.9 Å². The molecule has 1 aliphatic rings. The number of aliphatic hydroxyl groups is 2. The summed E-state index contributed by atoms with van der Waals surface area (Å²) in [5, 5.41) is 18.6. The minimum atomic E-state index is -0.331. The maximum absolute atomic E-state index is 9.47. The predicted octanol–water partition coefficient (Wildman–Crippen LogP) is 1.33. The Morgan fingerprint density at radius 2 is 2.17 bits per heavy atom. The van der Waals surface area contributed by atoms with Crippen molar-refractivity contribution in [1.29, 1.82) is 0 Å². The Hall–Kier alpha value is -0.340. The third-order valence-corrected chi connectivity index (χ3v) is 2.87. The molecule has 0 aromatic heterocycles. The highest BCUT2D eigenvalue weighted by Crippen LogP contribution is 2.40. The van der Waals surface area contributed by atoms with Crippen LogP contribution in [0.4, 0.5) is 0 Å². The Balaban J connectivity index is 2.88. The van der Waals surface area contributed by atoms with Crippen molar-refractivity contribution < 1.29 is 10.2 Å². The van der Waals surface area contributed by atoms with Gasteiger partial charge in [-0.2, -0.15) is 0 Å². The van der Waals surface area contributed by atoms with Crippen molar-refractivity contribution in [2.75, 3.05) is 6.61 Å². The Morgan fingerprint density at radius 1 is 1.58 bits per heavy atom. The van der Waals surface area contributed by atoms with Gasteiger partial charge in [-0.05, 0) is 18.8 Å². The van der Waals surface area contributed by atoms with Gasteiger partial charge in [0.2, 0.25) is 0 Å². The zero-order valence-corrected chi connectivity index (χ0v) is 8.04. The predicted molar refractivity (Wildman–Crippen MR) is 48.7 cm³/mol. The highest BCUT2D eigenvalue weighted by Gasteiger charge is 2.35. The normalized spacial score (nSPS) is 34.6. The van der Waals surface area contributed by atoms with Gasteiger partial charge in [-0.1, -0.05) is 25.5 Å². The molecule has 2 N–H and O–H groups in total. The van der Waals surface area contributed by atoms with Gasteiger partial charge in [0, 0.05) is 5.92 Å². The van der Waals surface area contributed by atoms with Crippen LogP contribution in [0.15, 0.2) is 11.6 Å². The van der Waals surface area contributed by atoms with Gasteiger partial charge in [0.15, 0.2) is 0 Å². The summed E-state index contributed by atoms with van der Waals surface area (Å²) in [5.41, 5.74) is 1.13. The van der Waals surface area contributed by atoms with E-state index in [1.54, 1.807) is 0 Å². The van der Waals surface area contributed by atoms with E-state index in [2.05, 4.69) is 13.8 Å². The minimum absolute atomic E-state index is 0.0208. The lowest BCUT2D eigenvalue weighted by Gasteiger charge is -2.39. The van der Waals surface area contributed by atoms with Gasteiger partial charge in [-0.15, -0.1) is 0 Å². The van der Waals surface area contributed by atoms with Crippen LogP contribution in [0.3, 0.4) is 0 Å². The van der Waals surface area contributed by atoms with Gasteiger partial charge < -0.3 is 10.2 Å². The number of hydrogen-bond acceptors (Lipinski definition) is 2. The molecule has 1 aliphatic carbocycles. The summed E-state index contributed by atoms with van der Waals surface area (Å²) in [5.74, 6) is 0.209. The molecule has 1 rings (SSSR count). The molecular formula is C10H18O2. The molecule has 2 atom stereocenters. The fourth-order valence-electron chi connectivity index (χ4n) is 2.17. The largest absolute Gasteiger partial charge is 0.396 e. The molecule has 2 nitrogen and oxygen atoms in total. The summed E-state index contributed by atoms with van der Waals surface area (Å²) < 4.78 is 0. The van der Waals surface area contributed by atoms with Crippen molar-refractivity contribution in [3.8, 4) is 0 Å². The van der Waals surface area contributed by atoms with E-state index in [0.29, 0.717) is 0 Å². The van der Waals surface area contributed by atoms with Crippen LogP contribution in [0, 0.1) is 11.3 Å². The summed E-state index contributed by atoms with van der Waals surface area (Å²) in [6, 6.07) is 0. The molecule has 2 heteroatoms. The van der Waals surface area contributed by atoms with Crippen molar-refractivity contribution in [2.24, 2.45) is 11.3 Å². The number of rotatable bonds is 1. The lowest BCUT2D eigenvalue weighted by molar-refractivity contribution is 0.0705. The summed E-state index contributed by atoms with van der Waals surface area (Å²) >= 11 is 0. The summed E-state index contributed by atoms with van der Waals surface area (Å²) in [4.78, 5) is 0. The fraction of sp³-hybridized carbons (Fsp3) is 0.800. The summed E-state index contributed by atoms with van der Waals surface area (Å²) in [6.07, 6.45) is 2.27. The Morgan fingerprint density at radius 3 is 2.58 bits per heavy atom. The van der Waals surface area contributed by atoms with Crippen LogP contribution in [-0.4, -0.2) is 22.9 Å². The molecule has 0 bridgehead atoms. The first kappa shape index (κ1) is 9.75. The van der Waals surface area contributed by atoms with Crippen molar-refractivity contribution in [1.82, 2.24) is 0 Å². The first-order valence-corrected chi connectivity index (χ1v) is 4.44. The molecule has 0 aliphatic heterocycles. The molecule has 0 amide bonds. The standard InChI is InChI=1S/C10H18O2/c1-7-4-8(12)5-10(2,3)9(7)6-11/h4,8-9,11-12H,5-6H2,1-3H3/t8-,9+/m0/s1. The second-order valence-corrected chi connectivity index (χ2v) is 4.41. The van der Waals surface area contributed by atoms with Crippen LogP contribution in [0.1, 0.15) is 27.2 Å². The highest BCUT2D eigenvalue weighted by molar-refractivity contribution is 5.15. The molecule has 0 heterocycles. The molecule has 0 saturated heterocycles. The average molecular weight is 170 g/mol. The van der Waals surface area contributed by atoms with Crippen LogP contribution in [-0.2, 0) is 0 Å². The zero-order chi connectivity index (χ0) is 9.35. The Bertz CT molecular complexity index is 194. The molecule has 0 saturated carbocycles. The maximum atomic E-state index is 9.47. The van der Waals surface area contributed by atoms with Gasteiger partial charge in [0.05, 0.1) is 12.7 Å². The average Bonchev–Trinajstić information content (AvgIpc) is 1.82. The van der Waals surface area contributed by atoms with Gasteiger partial charge in [-0.25, -0.2) is 0 Å². The highest BCUT2D eigenvalue weighted by atomic mass is 16.3. The lowest BCUT2D eigenvalue weighted by Crippen LogP contribution is -2.35. The van der Waals surface area contributed by atoms with Crippen LogP contribution >= 0.6 is 0 Å². The molecule has 0 aromatic rings. The third-order valence-electron chi connectivity index (χ3n) is 2.87. The quantitative estimate of drug-likeness (QED) is 0.583. The van der Waals surface area contributed by atoms with E-state index in [0.717, 1.165) is 12.0 Å². The van der Waals surface area contributed by atoms with E-state index in [4.69, 9.17) is 5.11 Å². The number of aliphatic hydroxyl groups excluding tert-OH is 2. The second kappa shape index (κ2) is 3.19. The van der Waals surface area contributed by atoms with Crippen LogP contribution in [0.25, 0.3) is 0 Å². The van der Waals surface area contributed by atoms with Crippen molar-refractivity contribution >= 4 is 0 Å². The van der Waals surface area contributed by atoms with Gasteiger partial charge >= 0.3 is 0 Å². The van der Waals surface area contributed by atoms with E-state index >= 15 is 0 Å². The van der Waals surface area contributed by atoms with E-state index in [9.17, 15) is 5.11 Å². The fourth-order valence-corrected chi connectivity index (χ4v) is 2.17. The van der Waals surface area contributed by atoms with Crippen molar-refractivity contribution in [3.05, 3.63) is 11.6 Å². The van der Waals surface area contributed by atoms with Crippen LogP contribution in [0.5, 0.6) is 0 Å². The maximum Gasteiger partial charge on any atom is 0.0728 e. The van der Waals surface area contributed by atoms with E-state index in [1.807, 2.05) is 13.0 Å². The molecule has 0 radical (unpaired) electrons. The molecule has 0 aromatic carbocycles. The van der Waals surface area contributed by atoms with E-state index in [-0.39, 0.29) is 24.0 Å². The van der Waals surface area contributed by atoms with Crippen LogP contribution in [0.2, 0.25) is 0 Å². The molecule has 0 fully saturated rings. The first-order valence-electron chi connectivity index (χ1n) is 4.44. The summed E-state index contributed by atoms with van der Waals surface area (Å²) in [6.45, 7) is 6.34. The van der Waals surface area contributed by atoms with E-state index in [1.165, 1.54) is 0 Å². The monoisotopic (exact) mass is 170 g/mol. The van der Waals surface area contributed by atoms with Gasteiger partial charge in [0.25, 0.3) is 0 Å². The van der Waals surface area contributed by atoms with Gasteiger partial charge in [0.1, 0.15) is 0 Å². The van der Waals surface area contributed by atoms with E-state index < -0.39 is 0 Å². The van der Waals surface area contributed by atoms with Crippen molar-refractivity contribution in [3.63, 3.8) is 0 Å². The lowest BCUT2D eigenvalue weighted by atomic mass is 9.68. The van der Waals surface area contributed by atoms with Gasteiger partial charge in [-0.3, -0.25) is 0 Å². The molecule has 12 heavy (non-hydrogen) atoms. The second-order valence-electron chi connectivity index (χ2n) is 4.41. The topological polar surface area (TPSA) is 40.5 Å². The third kappa shape index (κ3) is 1.70. The van der Waals surface area contributed by atoms with Crippen molar-refractivity contribution in [2.45, 2.75) is 33.3 Å². The van der Waals surface area contributed by atoms with Crippen LogP contribution < -0.4 is 0 Å². The molecule has 0 spiro atoms. The molecule has 70 valence electrons. The SMILES string of the molecule is CC1=C[C@H](O)CC(C)(C)[C@@H]1CO. The number of hydrogen-bond donors (Lipinski definition) is 2. The molecule has 0 unspecified atom stereocenters. The summed E-state index contributed by atoms with van der Waals surface area (Å²) in [7, 11) is 0.